The van der Waals surface area contributed by atoms with Gasteiger partial charge in [0.15, 0.2) is 11.5 Å². The van der Waals surface area contributed by atoms with Gasteiger partial charge in [-0.1, -0.05) is 12.1 Å². The molecule has 0 atom stereocenters. The van der Waals surface area contributed by atoms with Crippen LogP contribution in [0, 0.1) is 0 Å². The predicted molar refractivity (Wildman–Crippen MR) is 146 cm³/mol. The van der Waals surface area contributed by atoms with Crippen molar-refractivity contribution in [3.8, 4) is 11.5 Å². The molecular formula is C28H31N3O7S. The first-order valence-corrected chi connectivity index (χ1v) is 13.4. The highest BCUT2D eigenvalue weighted by atomic mass is 32.1. The Hall–Kier alpha value is -4.09. The van der Waals surface area contributed by atoms with Gasteiger partial charge in [-0.2, -0.15) is 0 Å². The van der Waals surface area contributed by atoms with E-state index in [0.717, 1.165) is 10.4 Å². The molecule has 1 aliphatic heterocycles. The summed E-state index contributed by atoms with van der Waals surface area (Å²) in [6, 6.07) is 15.4. The lowest BCUT2D eigenvalue weighted by molar-refractivity contribution is -0.133. The SMILES string of the molecule is CCOC(=O)c1ccc(NC(=O)N(CCOC)CC(=O)N(Cc2ccc3c(c2)OCO3)Cc2cccs2)cc1. The maximum Gasteiger partial charge on any atom is 0.338 e. The molecule has 10 nitrogen and oxygen atoms in total. The number of rotatable bonds is 12. The Balaban J connectivity index is 1.46. The van der Waals surface area contributed by atoms with Crippen molar-refractivity contribution in [2.45, 2.75) is 20.0 Å². The van der Waals surface area contributed by atoms with Crippen molar-refractivity contribution in [1.82, 2.24) is 9.80 Å². The van der Waals surface area contributed by atoms with E-state index in [-0.39, 0.29) is 39.0 Å². The van der Waals surface area contributed by atoms with E-state index in [4.69, 9.17) is 18.9 Å². The van der Waals surface area contributed by atoms with Gasteiger partial charge in [0, 0.05) is 30.8 Å². The van der Waals surface area contributed by atoms with Crippen molar-refractivity contribution in [1.29, 1.82) is 0 Å². The summed E-state index contributed by atoms with van der Waals surface area (Å²) < 4.78 is 21.1. The summed E-state index contributed by atoms with van der Waals surface area (Å²) in [5.74, 6) is 0.666. The van der Waals surface area contributed by atoms with Gasteiger partial charge in [-0.15, -0.1) is 11.3 Å². The fourth-order valence-corrected chi connectivity index (χ4v) is 4.63. The van der Waals surface area contributed by atoms with Gasteiger partial charge >= 0.3 is 12.0 Å². The minimum Gasteiger partial charge on any atom is -0.462 e. The summed E-state index contributed by atoms with van der Waals surface area (Å²) in [6.07, 6.45) is 0. The number of methoxy groups -OCH3 is 1. The van der Waals surface area contributed by atoms with Crippen LogP contribution in [-0.4, -0.2) is 67.9 Å². The fourth-order valence-electron chi connectivity index (χ4n) is 3.91. The number of thiophene rings is 1. The maximum absolute atomic E-state index is 13.6. The number of anilines is 1. The number of nitrogens with one attached hydrogen (secondary N) is 1. The number of benzene rings is 2. The smallest absolute Gasteiger partial charge is 0.338 e. The number of hydrogen-bond donors (Lipinski definition) is 1. The number of nitrogens with zero attached hydrogens (tertiary/aromatic N) is 2. The predicted octanol–water partition coefficient (Wildman–Crippen LogP) is 4.36. The van der Waals surface area contributed by atoms with Crippen LogP contribution in [0.4, 0.5) is 10.5 Å². The molecule has 0 saturated carbocycles. The average Bonchev–Trinajstić information content (AvgIpc) is 3.63. The molecule has 11 heteroatoms. The Morgan fingerprint density at radius 1 is 1.00 bits per heavy atom. The highest BCUT2D eigenvalue weighted by Crippen LogP contribution is 2.33. The Bertz CT molecular complexity index is 1260. The van der Waals surface area contributed by atoms with Crippen LogP contribution < -0.4 is 14.8 Å². The minimum atomic E-state index is -0.455. The number of fused-ring (bicyclic) bond motifs is 1. The van der Waals surface area contributed by atoms with Crippen LogP contribution in [0.3, 0.4) is 0 Å². The quantitative estimate of drug-likeness (QED) is 0.332. The van der Waals surface area contributed by atoms with Gasteiger partial charge < -0.3 is 34.1 Å². The Morgan fingerprint density at radius 2 is 1.79 bits per heavy atom. The van der Waals surface area contributed by atoms with Crippen molar-refractivity contribution < 1.29 is 33.3 Å². The van der Waals surface area contributed by atoms with Crippen LogP contribution in [-0.2, 0) is 27.4 Å². The number of amides is 3. The van der Waals surface area contributed by atoms with E-state index >= 15 is 0 Å². The molecule has 1 aromatic heterocycles. The van der Waals surface area contributed by atoms with Crippen LogP contribution in [0.15, 0.2) is 60.0 Å². The fraction of sp³-hybridized carbons (Fsp3) is 0.321. The number of ether oxygens (including phenoxy) is 4. The minimum absolute atomic E-state index is 0.147. The van der Waals surface area contributed by atoms with Crippen LogP contribution >= 0.6 is 11.3 Å². The van der Waals surface area contributed by atoms with Gasteiger partial charge in [-0.25, -0.2) is 9.59 Å². The molecule has 2 heterocycles. The van der Waals surface area contributed by atoms with E-state index in [9.17, 15) is 14.4 Å². The largest absolute Gasteiger partial charge is 0.462 e. The zero-order valence-electron chi connectivity index (χ0n) is 21.9. The lowest BCUT2D eigenvalue weighted by atomic mass is 10.2. The van der Waals surface area contributed by atoms with Crippen molar-refractivity contribution >= 4 is 34.9 Å². The molecule has 0 unspecified atom stereocenters. The van der Waals surface area contributed by atoms with Crippen molar-refractivity contribution in [3.63, 3.8) is 0 Å². The number of esters is 1. The molecule has 0 spiro atoms. The summed E-state index contributed by atoms with van der Waals surface area (Å²) in [6.45, 7) is 3.25. The molecule has 0 fully saturated rings. The van der Waals surface area contributed by atoms with Gasteiger partial charge in [-0.3, -0.25) is 4.79 Å². The highest BCUT2D eigenvalue weighted by molar-refractivity contribution is 7.09. The number of carbonyl (C=O) groups excluding carboxylic acids is 3. The molecule has 0 aliphatic carbocycles. The van der Waals surface area contributed by atoms with E-state index in [1.165, 1.54) is 12.0 Å². The van der Waals surface area contributed by atoms with Gasteiger partial charge in [-0.05, 0) is 60.3 Å². The van der Waals surface area contributed by atoms with Crippen LogP contribution in [0.25, 0.3) is 0 Å². The van der Waals surface area contributed by atoms with Crippen LogP contribution in [0.2, 0.25) is 0 Å². The molecule has 0 radical (unpaired) electrons. The first-order valence-electron chi connectivity index (χ1n) is 12.5. The number of urea groups is 1. The molecule has 4 rings (SSSR count). The maximum atomic E-state index is 13.6. The second-order valence-corrected chi connectivity index (χ2v) is 9.69. The van der Waals surface area contributed by atoms with Crippen molar-refractivity contribution in [3.05, 3.63) is 76.0 Å². The summed E-state index contributed by atoms with van der Waals surface area (Å²) in [7, 11) is 1.54. The summed E-state index contributed by atoms with van der Waals surface area (Å²) in [5.41, 5.74) is 1.76. The zero-order chi connectivity index (χ0) is 27.6. The Kier molecular flexibility index (Phi) is 9.76. The third kappa shape index (κ3) is 7.71. The summed E-state index contributed by atoms with van der Waals surface area (Å²) in [4.78, 5) is 42.8. The topological polar surface area (TPSA) is 107 Å². The lowest BCUT2D eigenvalue weighted by Crippen LogP contribution is -2.45. The van der Waals surface area contributed by atoms with E-state index in [0.29, 0.717) is 35.8 Å². The van der Waals surface area contributed by atoms with Gasteiger partial charge in [0.05, 0.1) is 25.3 Å². The average molecular weight is 554 g/mol. The van der Waals surface area contributed by atoms with Gasteiger partial charge in [0.1, 0.15) is 6.54 Å². The normalized spacial score (nSPS) is 11.6. The second kappa shape index (κ2) is 13.6. The third-order valence-electron chi connectivity index (χ3n) is 5.92. The molecule has 1 aliphatic rings. The highest BCUT2D eigenvalue weighted by Gasteiger charge is 2.23. The molecule has 0 saturated heterocycles. The lowest BCUT2D eigenvalue weighted by Gasteiger charge is -2.28. The number of carbonyl (C=O) groups is 3. The molecule has 3 amide bonds. The van der Waals surface area contributed by atoms with E-state index in [1.807, 2.05) is 35.7 Å². The second-order valence-electron chi connectivity index (χ2n) is 8.66. The van der Waals surface area contributed by atoms with Crippen molar-refractivity contribution in [2.75, 3.05) is 45.5 Å². The molecular weight excluding hydrogens is 522 g/mol. The summed E-state index contributed by atoms with van der Waals surface area (Å²) >= 11 is 1.56. The van der Waals surface area contributed by atoms with E-state index in [1.54, 1.807) is 47.4 Å². The van der Waals surface area contributed by atoms with Crippen LogP contribution in [0.1, 0.15) is 27.7 Å². The number of hydrogen-bond acceptors (Lipinski definition) is 8. The first-order chi connectivity index (χ1) is 19.0. The molecule has 0 bridgehead atoms. The first kappa shape index (κ1) is 27.9. The molecule has 1 N–H and O–H groups in total. The van der Waals surface area contributed by atoms with E-state index < -0.39 is 12.0 Å². The summed E-state index contributed by atoms with van der Waals surface area (Å²) in [5, 5.41) is 4.76. The Morgan fingerprint density at radius 3 is 2.51 bits per heavy atom. The zero-order valence-corrected chi connectivity index (χ0v) is 22.7. The van der Waals surface area contributed by atoms with Gasteiger partial charge in [0.25, 0.3) is 0 Å². The molecule has 2 aromatic carbocycles. The third-order valence-corrected chi connectivity index (χ3v) is 6.78. The van der Waals surface area contributed by atoms with Gasteiger partial charge in [0.2, 0.25) is 12.7 Å². The van der Waals surface area contributed by atoms with E-state index in [2.05, 4.69) is 5.32 Å². The van der Waals surface area contributed by atoms with Crippen molar-refractivity contribution in [2.24, 2.45) is 0 Å². The Labute approximate surface area is 231 Å². The molecule has 206 valence electrons. The standard InChI is InChI=1S/C28H31N3O7S/c1-3-36-27(33)21-7-9-22(10-8-21)29-28(34)30(12-13-35-2)18-26(32)31(17-23-5-4-14-39-23)16-20-6-11-24-25(15-20)38-19-37-24/h4-11,14-15H,3,12-13,16-19H2,1-2H3,(H,29,34). The van der Waals surface area contributed by atoms with Crippen LogP contribution in [0.5, 0.6) is 11.5 Å². The molecule has 3 aromatic rings. The molecule has 39 heavy (non-hydrogen) atoms. The monoisotopic (exact) mass is 553 g/mol.